The Balaban J connectivity index is 1.60. The van der Waals surface area contributed by atoms with Gasteiger partial charge in [-0.1, -0.05) is 23.7 Å². The highest BCUT2D eigenvalue weighted by molar-refractivity contribution is 6.31. The third kappa shape index (κ3) is 3.19. The summed E-state index contributed by atoms with van der Waals surface area (Å²) >= 11 is 5.94. The molecule has 3 aliphatic heterocycles. The lowest BCUT2D eigenvalue weighted by Crippen LogP contribution is -2.46. The largest absolute Gasteiger partial charge is 0.359 e. The van der Waals surface area contributed by atoms with E-state index in [1.54, 1.807) is 35.2 Å². The highest BCUT2D eigenvalue weighted by Crippen LogP contribution is 2.47. The van der Waals surface area contributed by atoms with Crippen LogP contribution in [0.25, 0.3) is 0 Å². The topological polar surface area (TPSA) is 125 Å². The first-order valence-electron chi connectivity index (χ1n) is 10.3. The van der Waals surface area contributed by atoms with E-state index in [9.17, 15) is 29.8 Å². The highest BCUT2D eigenvalue weighted by Gasteiger charge is 2.63. The fourth-order valence-electron chi connectivity index (χ4n) is 4.91. The summed E-state index contributed by atoms with van der Waals surface area (Å²) in [5.74, 6) is -3.47. The van der Waals surface area contributed by atoms with Crippen molar-refractivity contribution in [1.29, 1.82) is 5.26 Å². The molecule has 3 aliphatic rings. The van der Waals surface area contributed by atoms with Crippen LogP contribution in [0.1, 0.15) is 10.4 Å². The molecule has 2 saturated heterocycles. The zero-order valence-electron chi connectivity index (χ0n) is 17.4. The predicted octanol–water partition coefficient (Wildman–Crippen LogP) is 3.27. The lowest BCUT2D eigenvalue weighted by atomic mass is 9.86. The molecule has 0 unspecified atom stereocenters. The summed E-state index contributed by atoms with van der Waals surface area (Å²) < 4.78 is 0. The van der Waals surface area contributed by atoms with Gasteiger partial charge >= 0.3 is 0 Å². The van der Waals surface area contributed by atoms with Gasteiger partial charge in [0, 0.05) is 28.9 Å². The van der Waals surface area contributed by atoms with Crippen molar-refractivity contribution < 1.29 is 19.3 Å². The summed E-state index contributed by atoms with van der Waals surface area (Å²) in [5.41, 5.74) is 0.452. The van der Waals surface area contributed by atoms with Gasteiger partial charge in [-0.05, 0) is 36.4 Å². The molecule has 9 nitrogen and oxygen atoms in total. The van der Waals surface area contributed by atoms with E-state index in [-0.39, 0.29) is 11.3 Å². The SMILES string of the molecule is N#CC1=C[C@@H]2[C@@H]3C(=O)N(c4ccc(Cl)cc4)C(=O)[C@H]3[C@H](C(=O)c3cccc([N+](=O)[O-])c3)N2C=C1. The lowest BCUT2D eigenvalue weighted by molar-refractivity contribution is -0.384. The minimum Gasteiger partial charge on any atom is -0.359 e. The van der Waals surface area contributed by atoms with Crippen molar-refractivity contribution in [2.45, 2.75) is 12.1 Å². The van der Waals surface area contributed by atoms with Gasteiger partial charge in [-0.2, -0.15) is 5.26 Å². The fourth-order valence-corrected chi connectivity index (χ4v) is 5.04. The number of halogens is 1. The van der Waals surface area contributed by atoms with E-state index in [1.807, 2.05) is 6.07 Å². The zero-order chi connectivity index (χ0) is 24.1. The molecule has 2 fully saturated rings. The van der Waals surface area contributed by atoms with E-state index in [1.165, 1.54) is 30.5 Å². The van der Waals surface area contributed by atoms with Crippen LogP contribution in [0.15, 0.2) is 72.5 Å². The molecule has 0 bridgehead atoms. The number of anilines is 1. The summed E-state index contributed by atoms with van der Waals surface area (Å²) in [6.07, 6.45) is 4.63. The number of rotatable bonds is 4. The van der Waals surface area contributed by atoms with Gasteiger partial charge in [0.2, 0.25) is 11.8 Å². The normalized spacial score (nSPS) is 25.0. The van der Waals surface area contributed by atoms with Crippen LogP contribution < -0.4 is 4.90 Å². The first-order valence-corrected chi connectivity index (χ1v) is 10.7. The van der Waals surface area contributed by atoms with Gasteiger partial charge in [-0.3, -0.25) is 24.5 Å². The molecule has 0 spiro atoms. The third-order valence-corrected chi connectivity index (χ3v) is 6.62. The number of allylic oxidation sites excluding steroid dienone is 2. The number of hydrogen-bond acceptors (Lipinski definition) is 7. The number of nitriles is 1. The maximum absolute atomic E-state index is 13.6. The number of nitro benzene ring substituents is 1. The number of benzene rings is 2. The summed E-state index contributed by atoms with van der Waals surface area (Å²) in [7, 11) is 0. The van der Waals surface area contributed by atoms with Crippen LogP contribution in [0.3, 0.4) is 0 Å². The van der Waals surface area contributed by atoms with E-state index in [0.29, 0.717) is 16.3 Å². The Kier molecular flexibility index (Phi) is 5.03. The maximum atomic E-state index is 13.6. The van der Waals surface area contributed by atoms with Crippen LogP contribution in [0.4, 0.5) is 11.4 Å². The number of carbonyl (C=O) groups excluding carboxylic acids is 3. The average Bonchev–Trinajstić information content (AvgIpc) is 3.31. The van der Waals surface area contributed by atoms with Gasteiger partial charge in [0.25, 0.3) is 5.69 Å². The second kappa shape index (κ2) is 7.93. The van der Waals surface area contributed by atoms with E-state index in [0.717, 1.165) is 11.0 Å². The molecule has 0 radical (unpaired) electrons. The Morgan fingerprint density at radius 1 is 1.09 bits per heavy atom. The lowest BCUT2D eigenvalue weighted by Gasteiger charge is -2.32. The molecular formula is C24H15ClN4O5. The Labute approximate surface area is 198 Å². The van der Waals surface area contributed by atoms with E-state index in [2.05, 4.69) is 0 Å². The fraction of sp³-hybridized carbons (Fsp3) is 0.167. The van der Waals surface area contributed by atoms with Crippen LogP contribution in [0.5, 0.6) is 0 Å². The van der Waals surface area contributed by atoms with E-state index >= 15 is 0 Å². The van der Waals surface area contributed by atoms with Crippen molar-refractivity contribution in [3.63, 3.8) is 0 Å². The minimum atomic E-state index is -1.07. The number of Topliss-reactive ketones (excluding diaryl/α,β-unsaturated/α-hetero) is 1. The van der Waals surface area contributed by atoms with Crippen LogP contribution in [0.2, 0.25) is 5.02 Å². The molecular weight excluding hydrogens is 460 g/mol. The molecule has 2 aromatic carbocycles. The van der Waals surface area contributed by atoms with Crippen molar-refractivity contribution in [3.05, 3.63) is 93.2 Å². The Bertz CT molecular complexity index is 1360. The van der Waals surface area contributed by atoms with Gasteiger partial charge in [-0.25, -0.2) is 4.90 Å². The quantitative estimate of drug-likeness (QED) is 0.288. The second-order valence-electron chi connectivity index (χ2n) is 8.14. The average molecular weight is 475 g/mol. The van der Waals surface area contributed by atoms with Crippen LogP contribution in [-0.4, -0.2) is 39.5 Å². The molecule has 0 saturated carbocycles. The molecule has 5 rings (SSSR count). The molecule has 0 aliphatic carbocycles. The number of hydrogen-bond donors (Lipinski definition) is 0. The van der Waals surface area contributed by atoms with Crippen molar-refractivity contribution in [3.8, 4) is 6.07 Å². The van der Waals surface area contributed by atoms with Gasteiger partial charge in [-0.15, -0.1) is 0 Å². The molecule has 34 heavy (non-hydrogen) atoms. The van der Waals surface area contributed by atoms with Gasteiger partial charge in [0.1, 0.15) is 6.04 Å². The first-order chi connectivity index (χ1) is 16.3. The van der Waals surface area contributed by atoms with Crippen molar-refractivity contribution in [1.82, 2.24) is 4.90 Å². The smallest absolute Gasteiger partial charge is 0.270 e. The molecule has 3 heterocycles. The zero-order valence-corrected chi connectivity index (χ0v) is 18.1. The number of non-ortho nitro benzene ring substituents is 1. The van der Waals surface area contributed by atoms with Gasteiger partial charge in [0.05, 0.1) is 40.1 Å². The summed E-state index contributed by atoms with van der Waals surface area (Å²) in [5, 5.41) is 21.0. The number of imide groups is 1. The number of ketones is 1. The number of nitro groups is 1. The van der Waals surface area contributed by atoms with Crippen molar-refractivity contribution >= 4 is 40.6 Å². The second-order valence-corrected chi connectivity index (χ2v) is 8.58. The minimum absolute atomic E-state index is 0.0623. The molecule has 2 amide bonds. The van der Waals surface area contributed by atoms with Crippen molar-refractivity contribution in [2.24, 2.45) is 11.8 Å². The predicted molar refractivity (Wildman–Crippen MR) is 121 cm³/mol. The standard InChI is InChI=1S/C24H15ClN4O5/c25-15-4-6-16(7-5-15)28-23(31)19-18-10-13(12-26)8-9-27(18)21(20(19)24(28)32)22(30)14-2-1-3-17(11-14)29(33)34/h1-11,18-21H/t18-,19+,20-,21-/m1/s1. The Morgan fingerprint density at radius 3 is 2.47 bits per heavy atom. The number of amides is 2. The summed E-state index contributed by atoms with van der Waals surface area (Å²) in [6, 6.07) is 11.8. The Morgan fingerprint density at radius 2 is 1.79 bits per heavy atom. The van der Waals surface area contributed by atoms with E-state index in [4.69, 9.17) is 11.6 Å². The molecule has 0 N–H and O–H groups in total. The molecule has 2 aromatic rings. The van der Waals surface area contributed by atoms with E-state index < -0.39 is 46.4 Å². The first kappa shape index (κ1) is 21.6. The summed E-state index contributed by atoms with van der Waals surface area (Å²) in [6.45, 7) is 0. The number of fused-ring (bicyclic) bond motifs is 3. The van der Waals surface area contributed by atoms with Crippen LogP contribution in [0, 0.1) is 33.3 Å². The molecule has 4 atom stereocenters. The van der Waals surface area contributed by atoms with Crippen LogP contribution >= 0.6 is 11.6 Å². The maximum Gasteiger partial charge on any atom is 0.270 e. The van der Waals surface area contributed by atoms with Crippen LogP contribution in [-0.2, 0) is 9.59 Å². The molecule has 0 aromatic heterocycles. The van der Waals surface area contributed by atoms with Crippen molar-refractivity contribution in [2.75, 3.05) is 4.90 Å². The number of nitrogens with zero attached hydrogens (tertiary/aromatic N) is 4. The number of carbonyl (C=O) groups is 3. The Hall–Kier alpha value is -4.29. The third-order valence-electron chi connectivity index (χ3n) is 6.37. The van der Waals surface area contributed by atoms with Gasteiger partial charge in [0.15, 0.2) is 5.78 Å². The highest BCUT2D eigenvalue weighted by atomic mass is 35.5. The summed E-state index contributed by atoms with van der Waals surface area (Å²) in [4.78, 5) is 54.0. The monoisotopic (exact) mass is 474 g/mol. The van der Waals surface area contributed by atoms with Gasteiger partial charge < -0.3 is 4.90 Å². The molecule has 168 valence electrons. The molecule has 10 heteroatoms.